The lowest BCUT2D eigenvalue weighted by Crippen LogP contribution is -2.31. The highest BCUT2D eigenvalue weighted by Crippen LogP contribution is 2.21. The third-order valence-electron chi connectivity index (χ3n) is 4.77. The Morgan fingerprint density at radius 1 is 1.24 bits per heavy atom. The molecule has 1 fully saturated rings. The molecule has 5 heteroatoms. The quantitative estimate of drug-likeness (QED) is 0.750. The molecule has 3 rings (SSSR count). The molecule has 1 aliphatic rings. The van der Waals surface area contributed by atoms with Crippen molar-refractivity contribution in [3.8, 4) is 0 Å². The van der Waals surface area contributed by atoms with Crippen LogP contribution >= 0.6 is 11.6 Å². The molecule has 2 aromatic rings. The van der Waals surface area contributed by atoms with Gasteiger partial charge in [0.1, 0.15) is 5.82 Å². The monoisotopic (exact) mass is 360 g/mol. The van der Waals surface area contributed by atoms with E-state index in [2.05, 4.69) is 16.9 Å². The summed E-state index contributed by atoms with van der Waals surface area (Å²) in [7, 11) is 2.15. The first-order valence-electron chi connectivity index (χ1n) is 8.63. The standard InChI is InChI=1S/C20H22ClFN2O/c1-24-9-7-14(8-10-24)11-16-3-2-4-17(23-16)13-20(25)18-6-5-15(22)12-19(18)21/h2-6,12,14H,7-11,13H2,1H3. The minimum absolute atomic E-state index is 0.144. The first-order valence-corrected chi connectivity index (χ1v) is 9.00. The highest BCUT2D eigenvalue weighted by Gasteiger charge is 2.18. The summed E-state index contributed by atoms with van der Waals surface area (Å²) in [5.41, 5.74) is 2.10. The zero-order chi connectivity index (χ0) is 17.8. The number of halogens is 2. The summed E-state index contributed by atoms with van der Waals surface area (Å²) >= 11 is 5.98. The fraction of sp³-hybridized carbons (Fsp3) is 0.400. The smallest absolute Gasteiger partial charge is 0.170 e. The Morgan fingerprint density at radius 3 is 2.68 bits per heavy atom. The number of Topliss-reactive ketones (excluding diaryl/α,β-unsaturated/α-hetero) is 1. The van der Waals surface area contributed by atoms with Crippen LogP contribution in [0.2, 0.25) is 5.02 Å². The van der Waals surface area contributed by atoms with E-state index in [0.29, 0.717) is 11.5 Å². The van der Waals surface area contributed by atoms with Crippen LogP contribution in [0.3, 0.4) is 0 Å². The van der Waals surface area contributed by atoms with Crippen LogP contribution in [0.25, 0.3) is 0 Å². The first kappa shape index (κ1) is 18.0. The molecule has 0 N–H and O–H groups in total. The van der Waals surface area contributed by atoms with Crippen LogP contribution in [0.1, 0.15) is 34.6 Å². The molecule has 0 saturated carbocycles. The summed E-state index contributed by atoms with van der Waals surface area (Å²) in [5, 5.41) is 0.146. The minimum Gasteiger partial charge on any atom is -0.306 e. The molecule has 1 aromatic carbocycles. The number of piperidine rings is 1. The number of nitrogens with zero attached hydrogens (tertiary/aromatic N) is 2. The van der Waals surface area contributed by atoms with Crippen molar-refractivity contribution < 1.29 is 9.18 Å². The number of hydrogen-bond donors (Lipinski definition) is 0. The maximum absolute atomic E-state index is 13.1. The molecule has 0 bridgehead atoms. The van der Waals surface area contributed by atoms with Crippen molar-refractivity contribution in [3.63, 3.8) is 0 Å². The van der Waals surface area contributed by atoms with Gasteiger partial charge in [0, 0.05) is 17.0 Å². The summed E-state index contributed by atoms with van der Waals surface area (Å²) in [4.78, 5) is 19.4. The molecule has 1 aliphatic heterocycles. The summed E-state index contributed by atoms with van der Waals surface area (Å²) in [6, 6.07) is 9.68. The molecule has 1 aromatic heterocycles. The Balaban J connectivity index is 1.66. The second-order valence-corrected chi connectivity index (χ2v) is 7.20. The molecule has 25 heavy (non-hydrogen) atoms. The fourth-order valence-electron chi connectivity index (χ4n) is 3.28. The number of ketones is 1. The average molecular weight is 361 g/mol. The number of likely N-dealkylation sites (tertiary alicyclic amines) is 1. The van der Waals surface area contributed by atoms with E-state index in [-0.39, 0.29) is 17.2 Å². The molecule has 132 valence electrons. The van der Waals surface area contributed by atoms with Crippen molar-refractivity contribution in [1.29, 1.82) is 0 Å². The number of rotatable bonds is 5. The first-order chi connectivity index (χ1) is 12.0. The number of carbonyl (C=O) groups is 1. The van der Waals surface area contributed by atoms with E-state index in [0.717, 1.165) is 30.9 Å². The van der Waals surface area contributed by atoms with Crippen molar-refractivity contribution in [2.24, 2.45) is 5.92 Å². The number of hydrogen-bond acceptors (Lipinski definition) is 3. The van der Waals surface area contributed by atoms with Gasteiger partial charge in [-0.25, -0.2) is 4.39 Å². The molecule has 1 saturated heterocycles. The van der Waals surface area contributed by atoms with Gasteiger partial charge in [-0.15, -0.1) is 0 Å². The second-order valence-electron chi connectivity index (χ2n) is 6.80. The highest BCUT2D eigenvalue weighted by atomic mass is 35.5. The van der Waals surface area contributed by atoms with Gasteiger partial charge in [-0.05, 0) is 75.6 Å². The third kappa shape index (κ3) is 4.86. The molecule has 0 spiro atoms. The number of aromatic nitrogens is 1. The van der Waals surface area contributed by atoms with Crippen LogP contribution in [0.15, 0.2) is 36.4 Å². The molecular weight excluding hydrogens is 339 g/mol. The number of benzene rings is 1. The van der Waals surface area contributed by atoms with Gasteiger partial charge in [0.25, 0.3) is 0 Å². The zero-order valence-electron chi connectivity index (χ0n) is 14.3. The second kappa shape index (κ2) is 8.07. The summed E-state index contributed by atoms with van der Waals surface area (Å²) in [6.45, 7) is 2.26. The molecule has 0 unspecified atom stereocenters. The molecular formula is C20H22ClFN2O. The third-order valence-corrected chi connectivity index (χ3v) is 5.09. The molecule has 0 aliphatic carbocycles. The van der Waals surface area contributed by atoms with Gasteiger partial charge in [0.05, 0.1) is 11.4 Å². The van der Waals surface area contributed by atoms with Gasteiger partial charge >= 0.3 is 0 Å². The van der Waals surface area contributed by atoms with Crippen molar-refractivity contribution in [2.45, 2.75) is 25.7 Å². The Bertz CT molecular complexity index is 757. The van der Waals surface area contributed by atoms with Crippen LogP contribution in [0, 0.1) is 11.7 Å². The summed E-state index contributed by atoms with van der Waals surface area (Å²) < 4.78 is 13.1. The van der Waals surface area contributed by atoms with Crippen LogP contribution in [0.4, 0.5) is 4.39 Å². The number of pyridine rings is 1. The maximum atomic E-state index is 13.1. The van der Waals surface area contributed by atoms with Gasteiger partial charge in [-0.3, -0.25) is 9.78 Å². The van der Waals surface area contributed by atoms with Gasteiger partial charge in [0.2, 0.25) is 0 Å². The van der Waals surface area contributed by atoms with Crippen molar-refractivity contribution in [1.82, 2.24) is 9.88 Å². The lowest BCUT2D eigenvalue weighted by molar-refractivity contribution is 0.0992. The Labute approximate surface area is 152 Å². The average Bonchev–Trinajstić information content (AvgIpc) is 2.57. The fourth-order valence-corrected chi connectivity index (χ4v) is 3.55. The highest BCUT2D eigenvalue weighted by molar-refractivity contribution is 6.34. The van der Waals surface area contributed by atoms with Gasteiger partial charge < -0.3 is 4.90 Å². The molecule has 2 heterocycles. The van der Waals surface area contributed by atoms with Gasteiger partial charge in [-0.1, -0.05) is 17.7 Å². The van der Waals surface area contributed by atoms with E-state index in [9.17, 15) is 9.18 Å². The molecule has 3 nitrogen and oxygen atoms in total. The van der Waals surface area contributed by atoms with Crippen LogP contribution in [0.5, 0.6) is 0 Å². The molecule has 0 atom stereocenters. The predicted octanol–water partition coefficient (Wildman–Crippen LogP) is 4.18. The minimum atomic E-state index is -0.445. The van der Waals surface area contributed by atoms with Crippen LogP contribution in [-0.2, 0) is 12.8 Å². The molecule has 0 radical (unpaired) electrons. The van der Waals surface area contributed by atoms with Gasteiger partial charge in [0.15, 0.2) is 5.78 Å². The number of carbonyl (C=O) groups excluding carboxylic acids is 1. The Hall–Kier alpha value is -1.78. The van der Waals surface area contributed by atoms with Crippen LogP contribution in [-0.4, -0.2) is 35.8 Å². The van der Waals surface area contributed by atoms with E-state index in [1.54, 1.807) is 0 Å². The lowest BCUT2D eigenvalue weighted by Gasteiger charge is -2.28. The summed E-state index contributed by atoms with van der Waals surface area (Å²) in [5.74, 6) is 0.0648. The zero-order valence-corrected chi connectivity index (χ0v) is 15.1. The maximum Gasteiger partial charge on any atom is 0.170 e. The van der Waals surface area contributed by atoms with Crippen LogP contribution < -0.4 is 0 Å². The lowest BCUT2D eigenvalue weighted by atomic mass is 9.92. The van der Waals surface area contributed by atoms with Crippen molar-refractivity contribution in [2.75, 3.05) is 20.1 Å². The summed E-state index contributed by atoms with van der Waals surface area (Å²) in [6.07, 6.45) is 3.50. The van der Waals surface area contributed by atoms with E-state index in [4.69, 9.17) is 11.6 Å². The van der Waals surface area contributed by atoms with E-state index >= 15 is 0 Å². The largest absolute Gasteiger partial charge is 0.306 e. The van der Waals surface area contributed by atoms with E-state index < -0.39 is 5.82 Å². The Kier molecular flexibility index (Phi) is 5.82. The van der Waals surface area contributed by atoms with Gasteiger partial charge in [-0.2, -0.15) is 0 Å². The van der Waals surface area contributed by atoms with E-state index in [1.165, 1.54) is 31.0 Å². The molecule has 0 amide bonds. The van der Waals surface area contributed by atoms with Crippen molar-refractivity contribution in [3.05, 3.63) is 64.2 Å². The normalized spacial score (nSPS) is 16.1. The topological polar surface area (TPSA) is 33.2 Å². The predicted molar refractivity (Wildman–Crippen MR) is 97.6 cm³/mol. The van der Waals surface area contributed by atoms with E-state index in [1.807, 2.05) is 18.2 Å². The SMILES string of the molecule is CN1CCC(Cc2cccc(CC(=O)c3ccc(F)cc3Cl)n2)CC1. The Morgan fingerprint density at radius 2 is 1.96 bits per heavy atom. The van der Waals surface area contributed by atoms with Crippen molar-refractivity contribution >= 4 is 17.4 Å².